The lowest BCUT2D eigenvalue weighted by molar-refractivity contribution is -0.139. The number of cyclic esters (lactones) is 1. The normalized spacial score (nSPS) is 15.8. The van der Waals surface area contributed by atoms with Crippen LogP contribution in [0.4, 0.5) is 4.79 Å². The van der Waals surface area contributed by atoms with Crippen LogP contribution in [0.1, 0.15) is 5.56 Å². The molecule has 3 aromatic rings. The van der Waals surface area contributed by atoms with Crippen molar-refractivity contribution in [1.82, 2.24) is 15.1 Å². The Morgan fingerprint density at radius 2 is 2.00 bits per heavy atom. The molecule has 1 aliphatic rings. The molecule has 8 heteroatoms. The maximum absolute atomic E-state index is 12.1. The van der Waals surface area contributed by atoms with E-state index in [9.17, 15) is 9.59 Å². The first kappa shape index (κ1) is 19.7. The molecule has 1 unspecified atom stereocenters. The molecule has 1 atom stereocenters. The van der Waals surface area contributed by atoms with E-state index in [4.69, 9.17) is 21.1 Å². The summed E-state index contributed by atoms with van der Waals surface area (Å²) < 4.78 is 11.8. The molecule has 4 rings (SSSR count). The Hall–Kier alpha value is -3.58. The van der Waals surface area contributed by atoms with Gasteiger partial charge in [0.2, 0.25) is 0 Å². The molecular weight excluding hydrogens is 406 g/mol. The number of halogens is 1. The molecule has 0 bridgehead atoms. The van der Waals surface area contributed by atoms with Crippen LogP contribution in [0.5, 0.6) is 0 Å². The maximum Gasteiger partial charge on any atom is 0.407 e. The van der Waals surface area contributed by atoms with Gasteiger partial charge in [-0.2, -0.15) is 5.10 Å². The average molecular weight is 424 g/mol. The van der Waals surface area contributed by atoms with Gasteiger partial charge in [0.15, 0.2) is 6.10 Å². The van der Waals surface area contributed by atoms with Gasteiger partial charge in [0.05, 0.1) is 17.9 Å². The summed E-state index contributed by atoms with van der Waals surface area (Å²) in [5, 5.41) is 7.82. The average Bonchev–Trinajstić information content (AvgIpc) is 3.38. The Bertz CT molecular complexity index is 1080. The summed E-state index contributed by atoms with van der Waals surface area (Å²) in [6.45, 7) is 0.315. The van der Waals surface area contributed by atoms with E-state index in [0.29, 0.717) is 17.3 Å². The summed E-state index contributed by atoms with van der Waals surface area (Å²) in [5.41, 5.74) is 3.21. The Balaban J connectivity index is 1.55. The number of carbonyl (C=O) groups is 2. The lowest BCUT2D eigenvalue weighted by Gasteiger charge is -2.06. The van der Waals surface area contributed by atoms with Crippen LogP contribution in [-0.4, -0.2) is 41.1 Å². The molecule has 1 N–H and O–H groups in total. The van der Waals surface area contributed by atoms with E-state index in [2.05, 4.69) is 10.4 Å². The van der Waals surface area contributed by atoms with Gasteiger partial charge in [-0.15, -0.1) is 0 Å². The van der Waals surface area contributed by atoms with Crippen molar-refractivity contribution in [2.24, 2.45) is 0 Å². The summed E-state index contributed by atoms with van der Waals surface area (Å²) in [6.07, 6.45) is 3.84. The number of amides is 1. The second-order valence-electron chi connectivity index (χ2n) is 6.59. The third-order valence-electron chi connectivity index (χ3n) is 4.44. The number of ether oxygens (including phenoxy) is 2. The lowest BCUT2D eigenvalue weighted by Crippen LogP contribution is -2.21. The Morgan fingerprint density at radius 3 is 2.70 bits per heavy atom. The molecule has 1 aromatic heterocycles. The maximum atomic E-state index is 12.1. The molecule has 30 heavy (non-hydrogen) atoms. The van der Waals surface area contributed by atoms with E-state index in [1.807, 2.05) is 48.7 Å². The van der Waals surface area contributed by atoms with Crippen molar-refractivity contribution in [3.05, 3.63) is 77.5 Å². The molecule has 1 saturated heterocycles. The van der Waals surface area contributed by atoms with Gasteiger partial charge in [0.1, 0.15) is 6.61 Å². The van der Waals surface area contributed by atoms with Gasteiger partial charge in [-0.1, -0.05) is 41.9 Å². The SMILES string of the molecule is O=C(C=Cc1cn(-c2ccccc2)nc1-c1ccc(Cl)cc1)OCC1CNC(=O)O1. The summed E-state index contributed by atoms with van der Waals surface area (Å²) in [6, 6.07) is 17.0. The fourth-order valence-corrected chi connectivity index (χ4v) is 3.09. The molecule has 152 valence electrons. The van der Waals surface area contributed by atoms with E-state index >= 15 is 0 Å². The standard InChI is InChI=1S/C22H18ClN3O4/c23-17-9-6-15(7-10-17)21-16(13-26(25-21)18-4-2-1-3-5-18)8-11-20(27)29-14-19-12-24-22(28)30-19/h1-11,13,19H,12,14H2,(H,24,28). The first-order valence-corrected chi connectivity index (χ1v) is 9.66. The molecule has 1 amide bonds. The van der Waals surface area contributed by atoms with Gasteiger partial charge in [-0.3, -0.25) is 0 Å². The van der Waals surface area contributed by atoms with Gasteiger partial charge in [0.25, 0.3) is 0 Å². The van der Waals surface area contributed by atoms with Crippen molar-refractivity contribution >= 4 is 29.7 Å². The summed E-state index contributed by atoms with van der Waals surface area (Å²) in [4.78, 5) is 23.1. The largest absolute Gasteiger partial charge is 0.459 e. The molecule has 1 fully saturated rings. The highest BCUT2D eigenvalue weighted by Crippen LogP contribution is 2.26. The molecule has 0 aliphatic carbocycles. The van der Waals surface area contributed by atoms with Crippen molar-refractivity contribution < 1.29 is 19.1 Å². The number of benzene rings is 2. The second kappa shape index (κ2) is 8.84. The molecule has 0 radical (unpaired) electrons. The van der Waals surface area contributed by atoms with E-state index in [1.165, 1.54) is 6.08 Å². The van der Waals surface area contributed by atoms with Crippen LogP contribution in [0.15, 0.2) is 66.9 Å². The number of alkyl carbamates (subject to hydrolysis) is 1. The monoisotopic (exact) mass is 423 g/mol. The Morgan fingerprint density at radius 1 is 1.23 bits per heavy atom. The fourth-order valence-electron chi connectivity index (χ4n) is 2.96. The highest BCUT2D eigenvalue weighted by Gasteiger charge is 2.23. The number of para-hydroxylation sites is 1. The molecule has 2 aromatic carbocycles. The van der Waals surface area contributed by atoms with Crippen molar-refractivity contribution in [2.75, 3.05) is 13.2 Å². The number of aromatic nitrogens is 2. The second-order valence-corrected chi connectivity index (χ2v) is 7.03. The van der Waals surface area contributed by atoms with Crippen LogP contribution in [-0.2, 0) is 14.3 Å². The predicted molar refractivity (Wildman–Crippen MR) is 112 cm³/mol. The lowest BCUT2D eigenvalue weighted by atomic mass is 10.1. The number of nitrogens with zero attached hydrogens (tertiary/aromatic N) is 2. The predicted octanol–water partition coefficient (Wildman–Crippen LogP) is 3.86. The van der Waals surface area contributed by atoms with Crippen LogP contribution in [0, 0.1) is 0 Å². The number of hydrogen-bond donors (Lipinski definition) is 1. The zero-order chi connectivity index (χ0) is 20.9. The Kier molecular flexibility index (Phi) is 5.81. The van der Waals surface area contributed by atoms with Crippen molar-refractivity contribution in [3.63, 3.8) is 0 Å². The number of esters is 1. The molecular formula is C22H18ClN3O4. The van der Waals surface area contributed by atoms with E-state index in [1.54, 1.807) is 22.9 Å². The number of hydrogen-bond acceptors (Lipinski definition) is 5. The van der Waals surface area contributed by atoms with Crippen molar-refractivity contribution in [1.29, 1.82) is 0 Å². The zero-order valence-corrected chi connectivity index (χ0v) is 16.6. The van der Waals surface area contributed by atoms with E-state index < -0.39 is 18.2 Å². The number of rotatable bonds is 6. The van der Waals surface area contributed by atoms with Crippen LogP contribution >= 0.6 is 11.6 Å². The van der Waals surface area contributed by atoms with E-state index in [-0.39, 0.29) is 6.61 Å². The molecule has 0 spiro atoms. The van der Waals surface area contributed by atoms with Gasteiger partial charge in [-0.25, -0.2) is 14.3 Å². The number of carbonyl (C=O) groups excluding carboxylic acids is 2. The highest BCUT2D eigenvalue weighted by atomic mass is 35.5. The first-order chi connectivity index (χ1) is 14.6. The molecule has 7 nitrogen and oxygen atoms in total. The van der Waals surface area contributed by atoms with Crippen molar-refractivity contribution in [2.45, 2.75) is 6.10 Å². The van der Waals surface area contributed by atoms with Gasteiger partial charge >= 0.3 is 12.1 Å². The quantitative estimate of drug-likeness (QED) is 0.481. The Labute approximate surface area is 177 Å². The fraction of sp³-hybridized carbons (Fsp3) is 0.136. The van der Waals surface area contributed by atoms with Gasteiger partial charge < -0.3 is 14.8 Å². The van der Waals surface area contributed by atoms with Gasteiger partial charge in [0, 0.05) is 28.4 Å². The molecule has 1 aliphatic heterocycles. The van der Waals surface area contributed by atoms with Crippen LogP contribution in [0.3, 0.4) is 0 Å². The smallest absolute Gasteiger partial charge is 0.407 e. The topological polar surface area (TPSA) is 82.5 Å². The van der Waals surface area contributed by atoms with Crippen LogP contribution in [0.25, 0.3) is 23.0 Å². The van der Waals surface area contributed by atoms with Crippen LogP contribution < -0.4 is 5.32 Å². The third kappa shape index (κ3) is 4.69. The number of nitrogens with one attached hydrogen (secondary N) is 1. The van der Waals surface area contributed by atoms with E-state index in [0.717, 1.165) is 16.8 Å². The minimum absolute atomic E-state index is 0.00473. The molecule has 2 heterocycles. The van der Waals surface area contributed by atoms with Gasteiger partial charge in [-0.05, 0) is 30.3 Å². The zero-order valence-electron chi connectivity index (χ0n) is 15.8. The first-order valence-electron chi connectivity index (χ1n) is 9.29. The minimum atomic E-state index is -0.535. The highest BCUT2D eigenvalue weighted by molar-refractivity contribution is 6.30. The van der Waals surface area contributed by atoms with Crippen LogP contribution in [0.2, 0.25) is 5.02 Å². The minimum Gasteiger partial charge on any atom is -0.459 e. The van der Waals surface area contributed by atoms with Crippen molar-refractivity contribution in [3.8, 4) is 16.9 Å². The summed E-state index contributed by atoms with van der Waals surface area (Å²) >= 11 is 6.00. The summed E-state index contributed by atoms with van der Waals surface area (Å²) in [5.74, 6) is -0.535. The third-order valence-corrected chi connectivity index (χ3v) is 4.69. The molecule has 0 saturated carbocycles. The summed E-state index contributed by atoms with van der Waals surface area (Å²) in [7, 11) is 0.